The minimum absolute atomic E-state index is 0.0957. The number of carbonyl (C=O) groups excluding carboxylic acids is 1. The standard InChI is InChI=1S/C20H19Cl3N6O3/c1-12-8-17(26-32-12)25-18(30)11-27-4-6-28(7-5-27)16-3-2-13(9-14(16)21)29-20(31)19(23)15(22)10-24-29/h2-3,8-10H,4-7,11H2,1H3,(H,25,26,30). The van der Waals surface area contributed by atoms with Gasteiger partial charge in [-0.25, -0.2) is 0 Å². The van der Waals surface area contributed by atoms with Crippen LogP contribution in [0, 0.1) is 6.92 Å². The van der Waals surface area contributed by atoms with Gasteiger partial charge in [0.05, 0.1) is 34.2 Å². The van der Waals surface area contributed by atoms with Gasteiger partial charge in [0.2, 0.25) is 5.91 Å². The number of hydrogen-bond donors (Lipinski definition) is 1. The zero-order chi connectivity index (χ0) is 22.8. The third-order valence-corrected chi connectivity index (χ3v) is 6.08. The maximum absolute atomic E-state index is 12.3. The van der Waals surface area contributed by atoms with Crippen molar-refractivity contribution in [1.29, 1.82) is 0 Å². The van der Waals surface area contributed by atoms with Crippen LogP contribution in [0.4, 0.5) is 11.5 Å². The van der Waals surface area contributed by atoms with Crippen LogP contribution in [0.5, 0.6) is 0 Å². The summed E-state index contributed by atoms with van der Waals surface area (Å²) in [5.74, 6) is 0.902. The van der Waals surface area contributed by atoms with Gasteiger partial charge in [-0.2, -0.15) is 9.78 Å². The van der Waals surface area contributed by atoms with E-state index in [1.54, 1.807) is 25.1 Å². The van der Waals surface area contributed by atoms with E-state index in [1.165, 1.54) is 6.20 Å². The molecule has 168 valence electrons. The summed E-state index contributed by atoms with van der Waals surface area (Å²) in [5, 5.41) is 11.0. The molecule has 1 aromatic carbocycles. The number of nitrogens with one attached hydrogen (secondary N) is 1. The van der Waals surface area contributed by atoms with Crippen molar-refractivity contribution >= 4 is 52.2 Å². The van der Waals surface area contributed by atoms with Crippen molar-refractivity contribution in [2.24, 2.45) is 0 Å². The Bertz CT molecular complexity index is 1200. The highest BCUT2D eigenvalue weighted by Gasteiger charge is 2.21. The van der Waals surface area contributed by atoms with Crippen molar-refractivity contribution in [3.8, 4) is 5.69 Å². The van der Waals surface area contributed by atoms with E-state index in [4.69, 9.17) is 39.3 Å². The molecule has 1 N–H and O–H groups in total. The number of aromatic nitrogens is 3. The lowest BCUT2D eigenvalue weighted by atomic mass is 10.2. The van der Waals surface area contributed by atoms with Crippen molar-refractivity contribution in [2.45, 2.75) is 6.92 Å². The van der Waals surface area contributed by atoms with E-state index in [0.29, 0.717) is 48.5 Å². The van der Waals surface area contributed by atoms with Crippen LogP contribution in [0.3, 0.4) is 0 Å². The van der Waals surface area contributed by atoms with E-state index in [0.717, 1.165) is 10.4 Å². The number of rotatable bonds is 5. The molecular formula is C20H19Cl3N6O3. The second-order valence-electron chi connectivity index (χ2n) is 7.29. The Morgan fingerprint density at radius 2 is 1.88 bits per heavy atom. The van der Waals surface area contributed by atoms with E-state index in [2.05, 4.69) is 25.4 Å². The number of nitrogens with zero attached hydrogens (tertiary/aromatic N) is 5. The largest absolute Gasteiger partial charge is 0.368 e. The van der Waals surface area contributed by atoms with Crippen molar-refractivity contribution in [3.63, 3.8) is 0 Å². The summed E-state index contributed by atoms with van der Waals surface area (Å²) in [6.07, 6.45) is 1.31. The predicted molar refractivity (Wildman–Crippen MR) is 123 cm³/mol. The molecular weight excluding hydrogens is 479 g/mol. The molecule has 3 aromatic rings. The predicted octanol–water partition coefficient (Wildman–Crippen LogP) is 3.25. The number of hydrogen-bond acceptors (Lipinski definition) is 7. The van der Waals surface area contributed by atoms with Crippen molar-refractivity contribution in [2.75, 3.05) is 42.9 Å². The average Bonchev–Trinajstić information content (AvgIpc) is 3.17. The highest BCUT2D eigenvalue weighted by atomic mass is 35.5. The lowest BCUT2D eigenvalue weighted by molar-refractivity contribution is -0.117. The summed E-state index contributed by atoms with van der Waals surface area (Å²) < 4.78 is 6.10. The molecule has 1 saturated heterocycles. The zero-order valence-corrected chi connectivity index (χ0v) is 19.3. The van der Waals surface area contributed by atoms with E-state index >= 15 is 0 Å². The number of halogens is 3. The van der Waals surface area contributed by atoms with Crippen LogP contribution >= 0.6 is 34.8 Å². The molecule has 0 spiro atoms. The topological polar surface area (TPSA) is 96.5 Å². The van der Waals surface area contributed by atoms with Gasteiger partial charge in [0.1, 0.15) is 10.8 Å². The first-order valence-corrected chi connectivity index (χ1v) is 10.9. The van der Waals surface area contributed by atoms with Gasteiger partial charge in [-0.3, -0.25) is 14.5 Å². The maximum atomic E-state index is 12.3. The summed E-state index contributed by atoms with van der Waals surface area (Å²) in [5.41, 5.74) is 0.807. The Balaban J connectivity index is 1.38. The monoisotopic (exact) mass is 496 g/mol. The van der Waals surface area contributed by atoms with Crippen LogP contribution in [0.25, 0.3) is 5.69 Å². The van der Waals surface area contributed by atoms with Crippen LogP contribution in [-0.2, 0) is 4.79 Å². The third kappa shape index (κ3) is 4.91. The smallest absolute Gasteiger partial charge is 0.291 e. The van der Waals surface area contributed by atoms with Crippen LogP contribution < -0.4 is 15.8 Å². The van der Waals surface area contributed by atoms with Gasteiger partial charge in [-0.1, -0.05) is 40.0 Å². The summed E-state index contributed by atoms with van der Waals surface area (Å²) in [6, 6.07) is 6.92. The van der Waals surface area contributed by atoms with Gasteiger partial charge < -0.3 is 14.7 Å². The number of piperazine rings is 1. The second kappa shape index (κ2) is 9.50. The normalized spacial score (nSPS) is 14.6. The van der Waals surface area contributed by atoms with E-state index in [-0.39, 0.29) is 22.5 Å². The fourth-order valence-corrected chi connectivity index (χ4v) is 3.99. The molecule has 1 aliphatic rings. The quantitative estimate of drug-likeness (QED) is 0.578. The Labute approximate surface area is 198 Å². The molecule has 1 aliphatic heterocycles. The molecule has 0 bridgehead atoms. The second-order valence-corrected chi connectivity index (χ2v) is 8.49. The van der Waals surface area contributed by atoms with Crippen molar-refractivity contribution in [3.05, 3.63) is 61.6 Å². The fourth-order valence-electron chi connectivity index (χ4n) is 3.44. The van der Waals surface area contributed by atoms with Crippen molar-refractivity contribution in [1.82, 2.24) is 19.8 Å². The van der Waals surface area contributed by atoms with Crippen LogP contribution in [0.2, 0.25) is 15.1 Å². The summed E-state index contributed by atoms with van der Waals surface area (Å²) >= 11 is 18.3. The number of carbonyl (C=O) groups is 1. The number of aryl methyl sites for hydroxylation is 1. The molecule has 12 heteroatoms. The molecule has 0 saturated carbocycles. The van der Waals surface area contributed by atoms with Crippen molar-refractivity contribution < 1.29 is 9.32 Å². The van der Waals surface area contributed by atoms with E-state index in [9.17, 15) is 9.59 Å². The molecule has 1 fully saturated rings. The molecule has 4 rings (SSSR count). The summed E-state index contributed by atoms with van der Waals surface area (Å²) in [7, 11) is 0. The first kappa shape index (κ1) is 22.6. The highest BCUT2D eigenvalue weighted by Crippen LogP contribution is 2.29. The molecule has 9 nitrogen and oxygen atoms in total. The van der Waals surface area contributed by atoms with Crippen LogP contribution in [-0.4, -0.2) is 58.5 Å². The summed E-state index contributed by atoms with van der Waals surface area (Å²) in [4.78, 5) is 28.7. The van der Waals surface area contributed by atoms with Gasteiger partial charge in [0.25, 0.3) is 5.56 Å². The van der Waals surface area contributed by atoms with Gasteiger partial charge in [0.15, 0.2) is 5.82 Å². The van der Waals surface area contributed by atoms with Crippen LogP contribution in [0.15, 0.2) is 39.8 Å². The Morgan fingerprint density at radius 1 is 1.12 bits per heavy atom. The maximum Gasteiger partial charge on any atom is 0.291 e. The Morgan fingerprint density at radius 3 is 2.53 bits per heavy atom. The first-order chi connectivity index (χ1) is 15.3. The number of anilines is 2. The molecule has 3 heterocycles. The molecule has 0 aliphatic carbocycles. The minimum Gasteiger partial charge on any atom is -0.368 e. The van der Waals surface area contributed by atoms with Gasteiger partial charge in [-0.15, -0.1) is 0 Å². The third-order valence-electron chi connectivity index (χ3n) is 5.03. The van der Waals surface area contributed by atoms with E-state index < -0.39 is 5.56 Å². The SMILES string of the molecule is Cc1cc(NC(=O)CN2CCN(c3ccc(-n4ncc(Cl)c(Cl)c4=O)cc3Cl)CC2)no1. The lowest BCUT2D eigenvalue weighted by Gasteiger charge is -2.36. The molecule has 1 amide bonds. The minimum atomic E-state index is -0.518. The zero-order valence-electron chi connectivity index (χ0n) is 17.0. The Kier molecular flexibility index (Phi) is 6.71. The molecule has 0 radical (unpaired) electrons. The fraction of sp³-hybridized carbons (Fsp3) is 0.300. The lowest BCUT2D eigenvalue weighted by Crippen LogP contribution is -2.48. The number of benzene rings is 1. The first-order valence-electron chi connectivity index (χ1n) is 9.75. The average molecular weight is 498 g/mol. The molecule has 32 heavy (non-hydrogen) atoms. The summed E-state index contributed by atoms with van der Waals surface area (Å²) in [6.45, 7) is 4.80. The highest BCUT2D eigenvalue weighted by molar-refractivity contribution is 6.41. The van der Waals surface area contributed by atoms with Gasteiger partial charge in [-0.05, 0) is 25.1 Å². The molecule has 0 unspecified atom stereocenters. The van der Waals surface area contributed by atoms with Gasteiger partial charge in [0, 0.05) is 32.2 Å². The van der Waals surface area contributed by atoms with E-state index in [1.807, 2.05) is 6.07 Å². The molecule has 2 aromatic heterocycles. The number of amides is 1. The van der Waals surface area contributed by atoms with Crippen LogP contribution in [0.1, 0.15) is 5.76 Å². The molecule has 0 atom stereocenters. The Hall–Kier alpha value is -2.59. The van der Waals surface area contributed by atoms with Gasteiger partial charge >= 0.3 is 0 Å².